The summed E-state index contributed by atoms with van der Waals surface area (Å²) in [5, 5.41) is 0. The topological polar surface area (TPSA) is 48.1 Å². The molecule has 0 bridgehead atoms. The maximum atomic E-state index is 12.7. The summed E-state index contributed by atoms with van der Waals surface area (Å²) in [6.07, 6.45) is 1.11. The van der Waals surface area contributed by atoms with Gasteiger partial charge in [0.1, 0.15) is 11.6 Å². The van der Waals surface area contributed by atoms with Crippen molar-refractivity contribution >= 4 is 15.9 Å². The van der Waals surface area contributed by atoms with Crippen molar-refractivity contribution in [3.63, 3.8) is 0 Å². The van der Waals surface area contributed by atoms with Crippen molar-refractivity contribution in [1.29, 1.82) is 0 Å². The highest BCUT2D eigenvalue weighted by molar-refractivity contribution is 9.10. The van der Waals surface area contributed by atoms with E-state index >= 15 is 0 Å². The van der Waals surface area contributed by atoms with Gasteiger partial charge in [-0.15, -0.1) is 0 Å². The molecule has 0 spiro atoms. The fraction of sp³-hybridized carbons (Fsp3) is 0.0833. The Morgan fingerprint density at radius 2 is 2.12 bits per heavy atom. The van der Waals surface area contributed by atoms with E-state index in [-0.39, 0.29) is 0 Å². The zero-order valence-electron chi connectivity index (χ0n) is 8.86. The molecule has 1 heterocycles. The lowest BCUT2D eigenvalue weighted by atomic mass is 10.2. The molecule has 3 nitrogen and oxygen atoms in total. The molecule has 88 valence electrons. The largest absolute Gasteiger partial charge is 0.439 e. The molecule has 0 unspecified atom stereocenters. The second kappa shape index (κ2) is 5.25. The Labute approximate surface area is 107 Å². The van der Waals surface area contributed by atoms with Crippen molar-refractivity contribution in [1.82, 2.24) is 4.98 Å². The molecule has 0 aliphatic rings. The minimum atomic E-state index is -0.396. The number of pyridine rings is 1. The van der Waals surface area contributed by atoms with Gasteiger partial charge < -0.3 is 10.5 Å². The zero-order valence-corrected chi connectivity index (χ0v) is 10.4. The molecular formula is C12H10BrFN2O. The maximum absolute atomic E-state index is 12.7. The highest BCUT2D eigenvalue weighted by Crippen LogP contribution is 2.26. The molecule has 5 heteroatoms. The van der Waals surface area contributed by atoms with Crippen LogP contribution in [0.5, 0.6) is 11.6 Å². The van der Waals surface area contributed by atoms with Crippen LogP contribution in [0.2, 0.25) is 0 Å². The first-order valence-corrected chi connectivity index (χ1v) is 5.76. The first-order valence-electron chi connectivity index (χ1n) is 4.97. The van der Waals surface area contributed by atoms with E-state index in [0.717, 1.165) is 16.2 Å². The van der Waals surface area contributed by atoms with Gasteiger partial charge in [-0.1, -0.05) is 15.9 Å². The van der Waals surface area contributed by atoms with Crippen molar-refractivity contribution in [3.8, 4) is 11.6 Å². The van der Waals surface area contributed by atoms with E-state index in [1.165, 1.54) is 12.1 Å². The Kier molecular flexibility index (Phi) is 3.71. The van der Waals surface area contributed by atoms with Gasteiger partial charge >= 0.3 is 0 Å². The molecule has 1 aromatic carbocycles. The number of rotatable bonds is 3. The molecule has 17 heavy (non-hydrogen) atoms. The number of aromatic nitrogens is 1. The van der Waals surface area contributed by atoms with Gasteiger partial charge in [0, 0.05) is 22.6 Å². The molecule has 0 radical (unpaired) electrons. The number of nitrogens with two attached hydrogens (primary N) is 1. The summed E-state index contributed by atoms with van der Waals surface area (Å²) in [6.45, 7) is 0.357. The van der Waals surface area contributed by atoms with Crippen LogP contribution in [0.4, 0.5) is 4.39 Å². The quantitative estimate of drug-likeness (QED) is 0.946. The Morgan fingerprint density at radius 3 is 2.76 bits per heavy atom. The molecule has 0 saturated carbocycles. The van der Waals surface area contributed by atoms with Gasteiger partial charge in [-0.2, -0.15) is 0 Å². The molecule has 2 aromatic rings. The van der Waals surface area contributed by atoms with Crippen molar-refractivity contribution < 1.29 is 9.13 Å². The molecular weight excluding hydrogens is 287 g/mol. The molecule has 0 aliphatic carbocycles. The van der Waals surface area contributed by atoms with Gasteiger partial charge in [0.15, 0.2) is 0 Å². The molecule has 2 N–H and O–H groups in total. The highest BCUT2D eigenvalue weighted by atomic mass is 79.9. The van der Waals surface area contributed by atoms with Crippen LogP contribution in [0.1, 0.15) is 5.56 Å². The van der Waals surface area contributed by atoms with Crippen molar-refractivity contribution in [3.05, 3.63) is 52.4 Å². The van der Waals surface area contributed by atoms with E-state index in [4.69, 9.17) is 10.5 Å². The lowest BCUT2D eigenvalue weighted by molar-refractivity contribution is 0.453. The summed E-state index contributed by atoms with van der Waals surface area (Å²) in [7, 11) is 0. The van der Waals surface area contributed by atoms with Gasteiger partial charge in [0.05, 0.1) is 6.20 Å². The zero-order chi connectivity index (χ0) is 12.3. The lowest BCUT2D eigenvalue weighted by Crippen LogP contribution is -2.00. The fourth-order valence-corrected chi connectivity index (χ4v) is 1.75. The van der Waals surface area contributed by atoms with Gasteiger partial charge in [0.2, 0.25) is 5.88 Å². The third kappa shape index (κ3) is 3.01. The standard InChI is InChI=1S/C12H10BrFN2O/c13-9-1-3-11(8(5-9)6-15)17-12-4-2-10(14)7-16-12/h1-5,7H,6,15H2. The molecule has 0 aliphatic heterocycles. The summed E-state index contributed by atoms with van der Waals surface area (Å²) in [5.41, 5.74) is 6.47. The number of ether oxygens (including phenoxy) is 1. The second-order valence-corrected chi connectivity index (χ2v) is 4.29. The Balaban J connectivity index is 2.26. The minimum Gasteiger partial charge on any atom is -0.439 e. The predicted molar refractivity (Wildman–Crippen MR) is 66.3 cm³/mol. The molecule has 0 saturated heterocycles. The Hall–Kier alpha value is -1.46. The smallest absolute Gasteiger partial charge is 0.219 e. The molecule has 0 fully saturated rings. The fourth-order valence-electron chi connectivity index (χ4n) is 1.34. The first kappa shape index (κ1) is 12.0. The van der Waals surface area contributed by atoms with Crippen LogP contribution in [0.15, 0.2) is 41.0 Å². The minimum absolute atomic E-state index is 0.337. The van der Waals surface area contributed by atoms with Crippen molar-refractivity contribution in [2.45, 2.75) is 6.54 Å². The maximum Gasteiger partial charge on any atom is 0.219 e. The molecule has 1 aromatic heterocycles. The van der Waals surface area contributed by atoms with Gasteiger partial charge in [-0.25, -0.2) is 9.37 Å². The summed E-state index contributed by atoms with van der Waals surface area (Å²) >= 11 is 3.36. The van der Waals surface area contributed by atoms with E-state index in [1.54, 1.807) is 6.07 Å². The Morgan fingerprint density at radius 1 is 1.29 bits per heavy atom. The average molecular weight is 297 g/mol. The first-order chi connectivity index (χ1) is 8.19. The number of hydrogen-bond acceptors (Lipinski definition) is 3. The number of hydrogen-bond donors (Lipinski definition) is 1. The van der Waals surface area contributed by atoms with Gasteiger partial charge in [-0.05, 0) is 24.3 Å². The molecule has 0 atom stereocenters. The van der Waals surface area contributed by atoms with E-state index in [9.17, 15) is 4.39 Å². The number of benzene rings is 1. The van der Waals surface area contributed by atoms with E-state index in [2.05, 4.69) is 20.9 Å². The summed E-state index contributed by atoms with van der Waals surface area (Å²) in [4.78, 5) is 3.82. The van der Waals surface area contributed by atoms with E-state index in [0.29, 0.717) is 18.2 Å². The molecule has 0 amide bonds. The summed E-state index contributed by atoms with van der Waals surface area (Å²) in [6, 6.07) is 8.27. The Bertz CT molecular complexity index is 516. The van der Waals surface area contributed by atoms with Crippen LogP contribution in [0, 0.1) is 5.82 Å². The SMILES string of the molecule is NCc1cc(Br)ccc1Oc1ccc(F)cn1. The third-order valence-electron chi connectivity index (χ3n) is 2.16. The number of halogens is 2. The van der Waals surface area contributed by atoms with Crippen LogP contribution in [-0.2, 0) is 6.54 Å². The van der Waals surface area contributed by atoms with E-state index < -0.39 is 5.82 Å². The normalized spacial score (nSPS) is 10.3. The van der Waals surface area contributed by atoms with Crippen LogP contribution < -0.4 is 10.5 Å². The monoisotopic (exact) mass is 296 g/mol. The second-order valence-electron chi connectivity index (χ2n) is 3.37. The lowest BCUT2D eigenvalue weighted by Gasteiger charge is -2.09. The van der Waals surface area contributed by atoms with E-state index in [1.807, 2.05) is 12.1 Å². The highest BCUT2D eigenvalue weighted by Gasteiger charge is 2.05. The van der Waals surface area contributed by atoms with Crippen molar-refractivity contribution in [2.75, 3.05) is 0 Å². The van der Waals surface area contributed by atoms with Crippen LogP contribution >= 0.6 is 15.9 Å². The average Bonchev–Trinajstić information content (AvgIpc) is 2.34. The number of nitrogens with zero attached hydrogens (tertiary/aromatic N) is 1. The van der Waals surface area contributed by atoms with Crippen LogP contribution in [0.25, 0.3) is 0 Å². The van der Waals surface area contributed by atoms with Crippen molar-refractivity contribution in [2.24, 2.45) is 5.73 Å². The summed E-state index contributed by atoms with van der Waals surface area (Å²) in [5.74, 6) is 0.561. The predicted octanol–water partition coefficient (Wildman–Crippen LogP) is 3.23. The van der Waals surface area contributed by atoms with Crippen LogP contribution in [-0.4, -0.2) is 4.98 Å². The van der Waals surface area contributed by atoms with Crippen LogP contribution in [0.3, 0.4) is 0 Å². The third-order valence-corrected chi connectivity index (χ3v) is 2.65. The van der Waals surface area contributed by atoms with Gasteiger partial charge in [0.25, 0.3) is 0 Å². The summed E-state index contributed by atoms with van der Waals surface area (Å²) < 4.78 is 19.1. The van der Waals surface area contributed by atoms with Gasteiger partial charge in [-0.3, -0.25) is 0 Å². The molecule has 2 rings (SSSR count).